The number of halogens is 11. The number of ether oxygens (including phenoxy) is 4. The molecule has 8 atom stereocenters. The number of nitrogens with two attached hydrogens (primary N) is 1. The maximum Gasteiger partial charge on any atom is 0.338 e. The molecule has 137 heavy (non-hydrogen) atoms. The number of nitrogens with zero attached hydrogens (tertiary/aromatic N) is 13. The van der Waals surface area contributed by atoms with E-state index in [1.165, 1.54) is 81.4 Å². The predicted molar refractivity (Wildman–Crippen MR) is 477 cm³/mol. The van der Waals surface area contributed by atoms with Gasteiger partial charge in [0.05, 0.1) is 50.7 Å². The average molecular weight is 2070 g/mol. The van der Waals surface area contributed by atoms with Crippen LogP contribution in [0.2, 0.25) is 0 Å². The van der Waals surface area contributed by atoms with Crippen molar-refractivity contribution in [1.29, 1.82) is 0 Å². The van der Waals surface area contributed by atoms with Crippen molar-refractivity contribution in [3.05, 3.63) is 252 Å². The Bertz CT molecular complexity index is 6810. The van der Waals surface area contributed by atoms with Gasteiger partial charge in [0, 0.05) is 198 Å². The van der Waals surface area contributed by atoms with Gasteiger partial charge in [0.25, 0.3) is 40.8 Å². The lowest BCUT2D eigenvalue weighted by atomic mass is 9.94. The van der Waals surface area contributed by atoms with Crippen LogP contribution in [-0.4, -0.2) is 228 Å². The zero-order valence-electron chi connectivity index (χ0n) is 73.1. The second-order valence-corrected chi connectivity index (χ2v) is 42.1. The van der Waals surface area contributed by atoms with E-state index >= 15 is 0 Å². The third-order valence-corrected chi connectivity index (χ3v) is 30.1. The number of amidine groups is 4. The van der Waals surface area contributed by atoms with Crippen molar-refractivity contribution in [1.82, 2.24) is 72.2 Å². The molecule has 13 heterocycles. The van der Waals surface area contributed by atoms with E-state index in [2.05, 4.69) is 68.2 Å². The summed E-state index contributed by atoms with van der Waals surface area (Å²) in [6.45, 7) is 9.70. The molecule has 0 radical (unpaired) electrons. The molecule has 0 unspecified atom stereocenters. The van der Waals surface area contributed by atoms with Crippen molar-refractivity contribution in [2.75, 3.05) is 67.7 Å². The summed E-state index contributed by atoms with van der Waals surface area (Å²) in [4.78, 5) is 93.0. The molecule has 8 aromatic rings. The smallest absolute Gasteiger partial charge is 0.338 e. The standard InChI is InChI=1S/C22H24F3N5O4S2.C21H20F3N5O4S2.C21H22F3N5O4S2.C18H17F2N5O4S2/c1-22(2,3)29-36(32,33)28-11-9-14-15(21(31)34-4)18(12-5-6-13(23)17(25)16(12)24)27-19(30(14)10-11)20-26-7-8-35-20;1-33-21(30)15-14-9-11(27-35(31,32)28-6-2-7-28)10-29(14)19(20-25-5-8-34-20)26-18(15)12-3-4-13(22)17(24)16(12)23;1-10(2)27-35(31,32)28-11-8-14-15(21(30)33-3)18(12-4-5-13(22)17(24)16(12)23)26-19(29(14)9-11)20-25-6-7-34-20;1-29-18(26)14-13-7-10(24-31(21,27)28)8-25(13)16(17-22-4-5-30-17)23-15(14)11-3-2-9(19)6-12(11)20/h5-8,11,18,28-29H,9-10H2,1-4H3;3-5,8,11,18,27H,2,6-7,9-10H2,1H3;4-7,10-11,18,27-28H,8-9H2,1-3H3;2-6,10,15,24H,7-8H2,1H3,(H2,21,27,28)/t3*11-,18-;10-,15-/m0000/s1. The van der Waals surface area contributed by atoms with Crippen LogP contribution in [0.15, 0.2) is 166 Å². The molecule has 0 bridgehead atoms. The minimum Gasteiger partial charge on any atom is -0.466 e. The lowest BCUT2D eigenvalue weighted by Crippen LogP contribution is -2.51. The Hall–Kier alpha value is -11.2. The van der Waals surface area contributed by atoms with Gasteiger partial charge < -0.3 is 38.5 Å². The van der Waals surface area contributed by atoms with Crippen LogP contribution in [0.1, 0.15) is 133 Å². The van der Waals surface area contributed by atoms with Crippen LogP contribution in [-0.2, 0) is 79.0 Å². The lowest BCUT2D eigenvalue weighted by molar-refractivity contribution is -0.137. The third-order valence-electron chi connectivity index (χ3n) is 21.8. The number of methoxy groups -OCH3 is 4. The van der Waals surface area contributed by atoms with Gasteiger partial charge in [-0.05, 0) is 65.3 Å². The zero-order chi connectivity index (χ0) is 99.1. The van der Waals surface area contributed by atoms with Crippen LogP contribution in [0.5, 0.6) is 0 Å². The first kappa shape index (κ1) is 102. The highest BCUT2D eigenvalue weighted by Gasteiger charge is 2.50. The minimum atomic E-state index is -4.01. The minimum absolute atomic E-state index is 0.0224. The van der Waals surface area contributed by atoms with Crippen molar-refractivity contribution in [3.63, 3.8) is 0 Å². The van der Waals surface area contributed by atoms with E-state index in [1.807, 2.05) is 0 Å². The number of aromatic nitrogens is 4. The van der Waals surface area contributed by atoms with Gasteiger partial charge in [0.2, 0.25) is 0 Å². The topological polar surface area (TPSA) is 457 Å². The molecule has 17 rings (SSSR count). The summed E-state index contributed by atoms with van der Waals surface area (Å²) in [6.07, 6.45) is 7.15. The van der Waals surface area contributed by atoms with Crippen LogP contribution >= 0.6 is 45.3 Å². The Kier molecular flexibility index (Phi) is 30.5. The number of carbonyl (C=O) groups is 4. The SMILES string of the molecule is COC(=O)C1=C2C[C@H](NS(=O)(=O)N3CCC3)CN2C(c2nccs2)=N[C@H]1c1ccc(F)c(F)c1F.COC(=O)C1=C2C[C@H](NS(=O)(=O)NC(C)(C)C)CN2C(c2nccs2)=N[C@H]1c1ccc(F)c(F)c1F.COC(=O)C1=C2C[C@H](NS(=O)(=O)NC(C)C)CN2C(c2nccs2)=N[C@H]1c1ccc(F)c(F)c1F.COC(=O)C1=C2C[C@H](NS(N)(=O)=O)CN2C(c2nccs2)=N[C@H]1c1ccc(F)cc1F. The van der Waals surface area contributed by atoms with E-state index in [4.69, 9.17) is 24.1 Å². The van der Waals surface area contributed by atoms with Crippen molar-refractivity contribution in [3.8, 4) is 0 Å². The maximum absolute atomic E-state index is 14.9. The molecular formula is C82H83F11N20O16S8. The first-order valence-corrected chi connectivity index (χ1v) is 50.5. The van der Waals surface area contributed by atoms with E-state index in [9.17, 15) is 101 Å². The summed E-state index contributed by atoms with van der Waals surface area (Å²) in [5.41, 5.74) is -0.699. The molecule has 9 aliphatic heterocycles. The Morgan fingerprint density at radius 3 is 0.985 bits per heavy atom. The van der Waals surface area contributed by atoms with E-state index < -0.39 is 183 Å². The van der Waals surface area contributed by atoms with Crippen LogP contribution < -0.4 is 33.5 Å². The van der Waals surface area contributed by atoms with Crippen LogP contribution in [0.4, 0.5) is 48.3 Å². The number of hydrogen-bond donors (Lipinski definition) is 7. The third kappa shape index (κ3) is 22.1. The van der Waals surface area contributed by atoms with Crippen molar-refractivity contribution in [2.24, 2.45) is 25.1 Å². The van der Waals surface area contributed by atoms with Crippen LogP contribution in [0.25, 0.3) is 0 Å². The number of thiazole rings is 4. The number of fused-ring (bicyclic) bond motifs is 4. The summed E-state index contributed by atoms with van der Waals surface area (Å²) in [5, 5.41) is 13.7. The monoisotopic (exact) mass is 2070 g/mol. The van der Waals surface area contributed by atoms with Crippen molar-refractivity contribution >= 4 is 133 Å². The number of carbonyl (C=O) groups excluding carboxylic acids is 4. The van der Waals surface area contributed by atoms with Gasteiger partial charge in [-0.1, -0.05) is 24.3 Å². The normalized spacial score (nSPS) is 21.1. The zero-order valence-corrected chi connectivity index (χ0v) is 79.7. The number of rotatable bonds is 24. The molecule has 4 aromatic heterocycles. The van der Waals surface area contributed by atoms with Crippen LogP contribution in [0.3, 0.4) is 0 Å². The molecule has 0 aliphatic carbocycles. The molecule has 5 saturated heterocycles. The largest absolute Gasteiger partial charge is 0.466 e. The molecule has 8 N–H and O–H groups in total. The van der Waals surface area contributed by atoms with Gasteiger partial charge >= 0.3 is 23.9 Å². The molecule has 55 heteroatoms. The van der Waals surface area contributed by atoms with Gasteiger partial charge in [0.15, 0.2) is 95.7 Å². The highest BCUT2D eigenvalue weighted by Crippen LogP contribution is 2.48. The quantitative estimate of drug-likeness (QED) is 0.0129. The number of esters is 4. The second-order valence-electron chi connectivity index (χ2n) is 32.6. The highest BCUT2D eigenvalue weighted by atomic mass is 32.2. The molecule has 9 aliphatic rings. The van der Waals surface area contributed by atoms with E-state index in [-0.39, 0.29) is 120 Å². The van der Waals surface area contributed by atoms with E-state index in [0.717, 1.165) is 70.2 Å². The number of hydrogen-bond acceptors (Lipinski definition) is 32. The van der Waals surface area contributed by atoms with Gasteiger partial charge in [-0.15, -0.1) is 45.3 Å². The van der Waals surface area contributed by atoms with E-state index in [1.54, 1.807) is 81.9 Å². The molecular weight excluding hydrogens is 1990 g/mol. The molecule has 0 spiro atoms. The Morgan fingerprint density at radius 1 is 0.416 bits per heavy atom. The summed E-state index contributed by atoms with van der Waals surface area (Å²) < 4.78 is 291. The fourth-order valence-corrected chi connectivity index (χ4v) is 23.7. The molecule has 732 valence electrons. The predicted octanol–water partition coefficient (Wildman–Crippen LogP) is 8.50. The molecule has 5 fully saturated rings. The fraction of sp³-hybridized carbons (Fsp3) is 0.366. The fourth-order valence-electron chi connectivity index (χ4n) is 16.3. The molecule has 0 amide bonds. The maximum atomic E-state index is 14.9. The van der Waals surface area contributed by atoms with Gasteiger partial charge in [-0.2, -0.15) is 66.3 Å². The van der Waals surface area contributed by atoms with Gasteiger partial charge in [-0.3, -0.25) is 20.0 Å². The Labute approximate surface area is 792 Å². The molecule has 36 nitrogen and oxygen atoms in total. The first-order chi connectivity index (χ1) is 64.7. The number of nitrogens with one attached hydrogen (secondary N) is 6. The average Bonchev–Trinajstić information content (AvgIpc) is 1.66. The Morgan fingerprint density at radius 2 is 0.715 bits per heavy atom. The highest BCUT2D eigenvalue weighted by molar-refractivity contribution is 7.88. The summed E-state index contributed by atoms with van der Waals surface area (Å²) >= 11 is 4.95. The van der Waals surface area contributed by atoms with Gasteiger partial charge in [0.1, 0.15) is 35.8 Å². The number of benzene rings is 4. The van der Waals surface area contributed by atoms with Crippen molar-refractivity contribution in [2.45, 2.75) is 127 Å². The van der Waals surface area contributed by atoms with Crippen LogP contribution in [0, 0.1) is 64.0 Å². The summed E-state index contributed by atoms with van der Waals surface area (Å²) in [7, 11) is -11.0. The molecule has 0 saturated carbocycles. The van der Waals surface area contributed by atoms with Gasteiger partial charge in [-0.25, -0.2) is 92.5 Å². The molecule has 4 aromatic carbocycles. The lowest BCUT2D eigenvalue weighted by Gasteiger charge is -2.31. The van der Waals surface area contributed by atoms with E-state index in [0.29, 0.717) is 67.8 Å². The van der Waals surface area contributed by atoms with Crippen molar-refractivity contribution < 1.29 is 120 Å². The Balaban J connectivity index is 0.000000146. The summed E-state index contributed by atoms with van der Waals surface area (Å²) in [6, 6.07) is 0.0702. The second kappa shape index (κ2) is 41.1. The number of aliphatic imine (C=N–C) groups is 4. The summed E-state index contributed by atoms with van der Waals surface area (Å²) in [5.74, 6) is -17.5. The first-order valence-electron chi connectivity index (χ1n) is 41.0.